The molecular formula is C16H12N4. The van der Waals surface area contributed by atoms with E-state index in [4.69, 9.17) is 0 Å². The van der Waals surface area contributed by atoms with Crippen molar-refractivity contribution >= 4 is 10.9 Å². The third kappa shape index (κ3) is 1.76. The fraction of sp³-hybridized carbons (Fsp3) is 0.188. The molecule has 0 unspecified atom stereocenters. The van der Waals surface area contributed by atoms with Gasteiger partial charge in [0, 0.05) is 23.6 Å². The summed E-state index contributed by atoms with van der Waals surface area (Å²) in [6.45, 7) is 0. The third-order valence-corrected chi connectivity index (χ3v) is 3.66. The van der Waals surface area contributed by atoms with Crippen molar-refractivity contribution in [2.75, 3.05) is 0 Å². The number of rotatable bonds is 2. The van der Waals surface area contributed by atoms with E-state index < -0.39 is 0 Å². The van der Waals surface area contributed by atoms with Gasteiger partial charge in [-0.1, -0.05) is 18.2 Å². The second-order valence-corrected chi connectivity index (χ2v) is 5.12. The molecule has 1 aromatic carbocycles. The second kappa shape index (κ2) is 4.17. The molecular weight excluding hydrogens is 248 g/mol. The largest absolute Gasteiger partial charge is 0.229 e. The first-order valence-electron chi connectivity index (χ1n) is 6.71. The highest BCUT2D eigenvalue weighted by atomic mass is 15.3. The van der Waals surface area contributed by atoms with Gasteiger partial charge in [-0.05, 0) is 25.0 Å². The van der Waals surface area contributed by atoms with Gasteiger partial charge in [-0.3, -0.25) is 0 Å². The molecule has 4 nitrogen and oxygen atoms in total. The smallest absolute Gasteiger partial charge is 0.155 e. The van der Waals surface area contributed by atoms with Crippen LogP contribution >= 0.6 is 0 Å². The van der Waals surface area contributed by atoms with E-state index in [1.165, 1.54) is 12.8 Å². The van der Waals surface area contributed by atoms with Gasteiger partial charge in [-0.15, -0.1) is 0 Å². The Kier molecular flexibility index (Phi) is 2.33. The normalized spacial score (nSPS) is 14.3. The molecule has 0 bridgehead atoms. The summed E-state index contributed by atoms with van der Waals surface area (Å²) in [6.07, 6.45) is 4.38. The topological polar surface area (TPSA) is 54.5 Å². The molecule has 3 aromatic rings. The monoisotopic (exact) mass is 260 g/mol. The summed E-state index contributed by atoms with van der Waals surface area (Å²) in [5.74, 6) is 1.32. The van der Waals surface area contributed by atoms with Crippen molar-refractivity contribution in [3.63, 3.8) is 0 Å². The quantitative estimate of drug-likeness (QED) is 0.711. The molecule has 2 heterocycles. The van der Waals surface area contributed by atoms with Crippen LogP contribution in [-0.4, -0.2) is 14.8 Å². The maximum Gasteiger partial charge on any atom is 0.155 e. The van der Waals surface area contributed by atoms with Gasteiger partial charge in [0.15, 0.2) is 5.82 Å². The number of para-hydroxylation sites is 1. The summed E-state index contributed by atoms with van der Waals surface area (Å²) in [4.78, 5) is 4.60. The lowest BCUT2D eigenvalue weighted by Gasteiger charge is -2.05. The van der Waals surface area contributed by atoms with Gasteiger partial charge in [-0.25, -0.2) is 9.67 Å². The molecule has 96 valence electrons. The van der Waals surface area contributed by atoms with Crippen LogP contribution in [-0.2, 0) is 0 Å². The Labute approximate surface area is 116 Å². The summed E-state index contributed by atoms with van der Waals surface area (Å²) in [7, 11) is 0. The minimum atomic E-state index is 0.618. The van der Waals surface area contributed by atoms with Crippen LogP contribution in [0.2, 0.25) is 0 Å². The predicted molar refractivity (Wildman–Crippen MR) is 75.6 cm³/mol. The Balaban J connectivity index is 1.88. The van der Waals surface area contributed by atoms with E-state index in [-0.39, 0.29) is 0 Å². The molecule has 1 saturated carbocycles. The van der Waals surface area contributed by atoms with Gasteiger partial charge in [-0.2, -0.15) is 10.4 Å². The molecule has 4 rings (SSSR count). The fourth-order valence-corrected chi connectivity index (χ4v) is 2.43. The van der Waals surface area contributed by atoms with Crippen molar-refractivity contribution in [3.8, 4) is 11.9 Å². The highest BCUT2D eigenvalue weighted by molar-refractivity contribution is 5.85. The minimum Gasteiger partial charge on any atom is -0.229 e. The van der Waals surface area contributed by atoms with E-state index >= 15 is 0 Å². The Morgan fingerprint density at radius 1 is 1.20 bits per heavy atom. The van der Waals surface area contributed by atoms with E-state index in [0.717, 1.165) is 16.6 Å². The number of fused-ring (bicyclic) bond motifs is 1. The van der Waals surface area contributed by atoms with Gasteiger partial charge in [0.25, 0.3) is 0 Å². The van der Waals surface area contributed by atoms with Gasteiger partial charge in [0.2, 0.25) is 0 Å². The number of hydrogen-bond donors (Lipinski definition) is 0. The van der Waals surface area contributed by atoms with Crippen LogP contribution in [0.3, 0.4) is 0 Å². The Hall–Kier alpha value is -2.67. The first kappa shape index (κ1) is 11.2. The SMILES string of the molecule is N#Cc1cc(-n2ccc(C3CC3)n2)nc2ccccc12. The molecule has 1 fully saturated rings. The summed E-state index contributed by atoms with van der Waals surface area (Å²) >= 11 is 0. The lowest BCUT2D eigenvalue weighted by molar-refractivity contribution is 0.816. The van der Waals surface area contributed by atoms with Gasteiger partial charge >= 0.3 is 0 Å². The summed E-state index contributed by atoms with van der Waals surface area (Å²) in [5.41, 5.74) is 2.58. The number of nitrogens with zero attached hydrogens (tertiary/aromatic N) is 4. The molecule has 2 aromatic heterocycles. The van der Waals surface area contributed by atoms with Crippen molar-refractivity contribution in [2.45, 2.75) is 18.8 Å². The molecule has 0 amide bonds. The molecule has 1 aliphatic rings. The first-order valence-corrected chi connectivity index (χ1v) is 6.71. The average Bonchev–Trinajstić information content (AvgIpc) is 3.23. The zero-order valence-electron chi connectivity index (χ0n) is 10.8. The van der Waals surface area contributed by atoms with E-state index in [9.17, 15) is 5.26 Å². The lowest BCUT2D eigenvalue weighted by Crippen LogP contribution is -2.00. The Bertz CT molecular complexity index is 837. The zero-order chi connectivity index (χ0) is 13.5. The Morgan fingerprint density at radius 2 is 2.05 bits per heavy atom. The maximum absolute atomic E-state index is 9.30. The number of pyridine rings is 1. The van der Waals surface area contributed by atoms with Crippen molar-refractivity contribution in [1.82, 2.24) is 14.8 Å². The molecule has 0 aliphatic heterocycles. The van der Waals surface area contributed by atoms with Crippen LogP contribution in [0, 0.1) is 11.3 Å². The molecule has 20 heavy (non-hydrogen) atoms. The van der Waals surface area contributed by atoms with Crippen molar-refractivity contribution in [3.05, 3.63) is 53.9 Å². The van der Waals surface area contributed by atoms with Crippen LogP contribution in [0.5, 0.6) is 0 Å². The average molecular weight is 260 g/mol. The molecule has 1 aliphatic carbocycles. The van der Waals surface area contributed by atoms with Gasteiger partial charge in [0.05, 0.1) is 22.8 Å². The standard InChI is InChI=1S/C16H12N4/c17-10-12-9-16(18-15-4-2-1-3-13(12)15)20-8-7-14(19-20)11-5-6-11/h1-4,7-9,11H,5-6H2. The van der Waals surface area contributed by atoms with Crippen molar-refractivity contribution in [1.29, 1.82) is 5.26 Å². The van der Waals surface area contributed by atoms with Crippen LogP contribution in [0.15, 0.2) is 42.6 Å². The molecule has 0 spiro atoms. The Morgan fingerprint density at radius 3 is 2.85 bits per heavy atom. The summed E-state index contributed by atoms with van der Waals surface area (Å²) in [6, 6.07) is 13.8. The van der Waals surface area contributed by atoms with Gasteiger partial charge < -0.3 is 0 Å². The highest BCUT2D eigenvalue weighted by Crippen LogP contribution is 2.39. The van der Waals surface area contributed by atoms with E-state index in [1.54, 1.807) is 10.7 Å². The molecule has 0 saturated heterocycles. The first-order chi connectivity index (χ1) is 9.85. The van der Waals surface area contributed by atoms with E-state index in [0.29, 0.717) is 17.3 Å². The number of hydrogen-bond acceptors (Lipinski definition) is 3. The molecule has 0 atom stereocenters. The zero-order valence-corrected chi connectivity index (χ0v) is 10.8. The van der Waals surface area contributed by atoms with Crippen LogP contribution in [0.4, 0.5) is 0 Å². The minimum absolute atomic E-state index is 0.618. The number of benzene rings is 1. The van der Waals surface area contributed by atoms with Crippen LogP contribution in [0.25, 0.3) is 16.7 Å². The molecule has 0 radical (unpaired) electrons. The van der Waals surface area contributed by atoms with Gasteiger partial charge in [0.1, 0.15) is 0 Å². The van der Waals surface area contributed by atoms with Crippen molar-refractivity contribution < 1.29 is 0 Å². The van der Waals surface area contributed by atoms with Crippen LogP contribution in [0.1, 0.15) is 30.0 Å². The van der Waals surface area contributed by atoms with E-state index in [2.05, 4.69) is 16.2 Å². The third-order valence-electron chi connectivity index (χ3n) is 3.66. The predicted octanol–water partition coefficient (Wildman–Crippen LogP) is 3.17. The lowest BCUT2D eigenvalue weighted by atomic mass is 10.1. The summed E-state index contributed by atoms with van der Waals surface area (Å²) < 4.78 is 1.76. The highest BCUT2D eigenvalue weighted by Gasteiger charge is 2.26. The summed E-state index contributed by atoms with van der Waals surface area (Å²) in [5, 5.41) is 14.8. The maximum atomic E-state index is 9.30. The molecule has 0 N–H and O–H groups in total. The second-order valence-electron chi connectivity index (χ2n) is 5.12. The fourth-order valence-electron chi connectivity index (χ4n) is 2.43. The van der Waals surface area contributed by atoms with Crippen molar-refractivity contribution in [2.24, 2.45) is 0 Å². The molecule has 4 heteroatoms. The number of aromatic nitrogens is 3. The number of nitriles is 1. The van der Waals surface area contributed by atoms with Crippen LogP contribution < -0.4 is 0 Å². The van der Waals surface area contributed by atoms with E-state index in [1.807, 2.05) is 36.5 Å².